The van der Waals surface area contributed by atoms with E-state index in [-0.39, 0.29) is 11.4 Å². The van der Waals surface area contributed by atoms with Gasteiger partial charge < -0.3 is 4.74 Å². The lowest BCUT2D eigenvalue weighted by atomic mass is 9.85. The Hall–Kier alpha value is -2.09. The molecule has 2 aromatic rings. The van der Waals surface area contributed by atoms with Crippen molar-refractivity contribution in [2.75, 3.05) is 7.11 Å². The van der Waals surface area contributed by atoms with E-state index < -0.39 is 0 Å². The van der Waals surface area contributed by atoms with E-state index in [1.807, 2.05) is 24.3 Å². The van der Waals surface area contributed by atoms with Gasteiger partial charge in [0.1, 0.15) is 0 Å². The molecule has 0 unspecified atom stereocenters. The van der Waals surface area contributed by atoms with Gasteiger partial charge in [0, 0.05) is 5.92 Å². The normalized spacial score (nSPS) is 12.8. The van der Waals surface area contributed by atoms with Crippen molar-refractivity contribution in [1.29, 1.82) is 0 Å². The molecule has 0 aliphatic heterocycles. The zero-order valence-electron chi connectivity index (χ0n) is 14.0. The van der Waals surface area contributed by atoms with Gasteiger partial charge in [0.15, 0.2) is 0 Å². The van der Waals surface area contributed by atoms with Crippen LogP contribution in [0.1, 0.15) is 60.7 Å². The van der Waals surface area contributed by atoms with Crippen molar-refractivity contribution in [2.45, 2.75) is 39.0 Å². The van der Waals surface area contributed by atoms with Crippen LogP contribution in [0.15, 0.2) is 48.5 Å². The van der Waals surface area contributed by atoms with E-state index in [2.05, 4.69) is 52.0 Å². The monoisotopic (exact) mass is 296 g/mol. The average Bonchev–Trinajstić information content (AvgIpc) is 2.53. The molecule has 2 rings (SSSR count). The third kappa shape index (κ3) is 3.56. The van der Waals surface area contributed by atoms with Gasteiger partial charge in [0.25, 0.3) is 0 Å². The molecule has 22 heavy (non-hydrogen) atoms. The van der Waals surface area contributed by atoms with Gasteiger partial charge in [-0.1, -0.05) is 64.1 Å². The molecule has 0 saturated heterocycles. The van der Waals surface area contributed by atoms with Crippen LogP contribution < -0.4 is 0 Å². The van der Waals surface area contributed by atoms with Gasteiger partial charge in [-0.2, -0.15) is 0 Å². The molecule has 0 aromatic heterocycles. The summed E-state index contributed by atoms with van der Waals surface area (Å²) in [6, 6.07) is 16.4. The molecule has 0 heterocycles. The maximum atomic E-state index is 11.5. The van der Waals surface area contributed by atoms with E-state index in [1.54, 1.807) is 0 Å². The Morgan fingerprint density at radius 2 is 1.36 bits per heavy atom. The van der Waals surface area contributed by atoms with Crippen LogP contribution in [-0.2, 0) is 10.2 Å². The van der Waals surface area contributed by atoms with E-state index in [0.717, 1.165) is 0 Å². The molecule has 0 radical (unpaired) electrons. The largest absolute Gasteiger partial charge is 0.465 e. The van der Waals surface area contributed by atoms with Crippen LogP contribution in [0.5, 0.6) is 0 Å². The van der Waals surface area contributed by atoms with E-state index in [0.29, 0.717) is 11.5 Å². The second-order valence-corrected chi connectivity index (χ2v) is 6.71. The zero-order valence-corrected chi connectivity index (χ0v) is 14.0. The van der Waals surface area contributed by atoms with Crippen LogP contribution >= 0.6 is 0 Å². The number of benzene rings is 2. The first kappa shape index (κ1) is 16.3. The number of methoxy groups -OCH3 is 1. The van der Waals surface area contributed by atoms with E-state index >= 15 is 0 Å². The van der Waals surface area contributed by atoms with E-state index in [9.17, 15) is 4.79 Å². The molecule has 0 saturated carbocycles. The van der Waals surface area contributed by atoms with Crippen molar-refractivity contribution in [3.8, 4) is 0 Å². The van der Waals surface area contributed by atoms with Gasteiger partial charge in [-0.05, 0) is 34.2 Å². The van der Waals surface area contributed by atoms with Crippen molar-refractivity contribution >= 4 is 5.97 Å². The molecule has 0 spiro atoms. The molecule has 2 aromatic carbocycles. The Balaban J connectivity index is 2.21. The average molecular weight is 296 g/mol. The number of hydrogen-bond donors (Lipinski definition) is 0. The highest BCUT2D eigenvalue weighted by Gasteiger charge is 2.15. The number of rotatable bonds is 3. The fourth-order valence-corrected chi connectivity index (χ4v) is 2.49. The fourth-order valence-electron chi connectivity index (χ4n) is 2.49. The first-order valence-electron chi connectivity index (χ1n) is 7.61. The van der Waals surface area contributed by atoms with Crippen molar-refractivity contribution in [2.24, 2.45) is 0 Å². The molecule has 0 bridgehead atoms. The lowest BCUT2D eigenvalue weighted by Crippen LogP contribution is -2.11. The lowest BCUT2D eigenvalue weighted by Gasteiger charge is -2.20. The van der Waals surface area contributed by atoms with Crippen molar-refractivity contribution in [1.82, 2.24) is 0 Å². The van der Waals surface area contributed by atoms with Gasteiger partial charge in [0.2, 0.25) is 0 Å². The molecule has 2 heteroatoms. The number of ether oxygens (including phenoxy) is 1. The summed E-state index contributed by atoms with van der Waals surface area (Å²) in [7, 11) is 1.40. The Kier molecular flexibility index (Phi) is 4.70. The lowest BCUT2D eigenvalue weighted by molar-refractivity contribution is 0.0600. The van der Waals surface area contributed by atoms with Gasteiger partial charge in [0.05, 0.1) is 12.7 Å². The molecule has 0 N–H and O–H groups in total. The van der Waals surface area contributed by atoms with Crippen LogP contribution in [0.3, 0.4) is 0 Å². The van der Waals surface area contributed by atoms with Gasteiger partial charge >= 0.3 is 5.97 Å². The van der Waals surface area contributed by atoms with Crippen molar-refractivity contribution < 1.29 is 9.53 Å². The molecular weight excluding hydrogens is 272 g/mol. The highest BCUT2D eigenvalue weighted by atomic mass is 16.5. The summed E-state index contributed by atoms with van der Waals surface area (Å²) in [6.45, 7) is 8.84. The van der Waals surface area contributed by atoms with E-state index in [4.69, 9.17) is 4.74 Å². The third-order valence-electron chi connectivity index (χ3n) is 4.11. The van der Waals surface area contributed by atoms with Crippen LogP contribution in [0.25, 0.3) is 0 Å². The van der Waals surface area contributed by atoms with E-state index in [1.165, 1.54) is 23.8 Å². The molecule has 0 amide bonds. The summed E-state index contributed by atoms with van der Waals surface area (Å²) in [6.07, 6.45) is 0. The summed E-state index contributed by atoms with van der Waals surface area (Å²) in [4.78, 5) is 11.5. The Bertz CT molecular complexity index is 631. The fraction of sp³-hybridized carbons (Fsp3) is 0.350. The van der Waals surface area contributed by atoms with Gasteiger partial charge in [-0.15, -0.1) is 0 Å². The minimum absolute atomic E-state index is 0.171. The molecule has 2 nitrogen and oxygen atoms in total. The van der Waals surface area contributed by atoms with Crippen LogP contribution in [0, 0.1) is 0 Å². The predicted molar refractivity (Wildman–Crippen MR) is 90.4 cm³/mol. The summed E-state index contributed by atoms with van der Waals surface area (Å²) in [5, 5.41) is 0. The highest BCUT2D eigenvalue weighted by Crippen LogP contribution is 2.28. The standard InChI is InChI=1S/C20H24O2/c1-14(15-6-8-17(9-7-15)19(21)22-5)16-10-12-18(13-11-16)20(2,3)4/h6-14H,1-5H3/t14-/m0/s1. The number of esters is 1. The Labute approximate surface area is 133 Å². The Morgan fingerprint density at radius 1 is 0.909 bits per heavy atom. The molecule has 0 aliphatic carbocycles. The van der Waals surface area contributed by atoms with Crippen LogP contribution in [0.4, 0.5) is 0 Å². The number of carbonyl (C=O) groups is 1. The molecule has 116 valence electrons. The molecule has 1 atom stereocenters. The smallest absolute Gasteiger partial charge is 0.337 e. The zero-order chi connectivity index (χ0) is 16.3. The van der Waals surface area contributed by atoms with Crippen LogP contribution in [0.2, 0.25) is 0 Å². The number of hydrogen-bond acceptors (Lipinski definition) is 2. The second kappa shape index (κ2) is 6.35. The van der Waals surface area contributed by atoms with Crippen molar-refractivity contribution in [3.63, 3.8) is 0 Å². The summed E-state index contributed by atoms with van der Waals surface area (Å²) < 4.78 is 4.73. The highest BCUT2D eigenvalue weighted by molar-refractivity contribution is 5.89. The van der Waals surface area contributed by atoms with Crippen molar-refractivity contribution in [3.05, 3.63) is 70.8 Å². The van der Waals surface area contributed by atoms with Gasteiger partial charge in [-0.25, -0.2) is 4.79 Å². The second-order valence-electron chi connectivity index (χ2n) is 6.71. The molecule has 0 aliphatic rings. The molecular formula is C20H24O2. The Morgan fingerprint density at radius 3 is 1.77 bits per heavy atom. The topological polar surface area (TPSA) is 26.3 Å². The first-order valence-corrected chi connectivity index (χ1v) is 7.61. The molecule has 0 fully saturated rings. The van der Waals surface area contributed by atoms with Gasteiger partial charge in [-0.3, -0.25) is 0 Å². The summed E-state index contributed by atoms with van der Waals surface area (Å²) >= 11 is 0. The maximum Gasteiger partial charge on any atom is 0.337 e. The minimum Gasteiger partial charge on any atom is -0.465 e. The maximum absolute atomic E-state index is 11.5. The van der Waals surface area contributed by atoms with Crippen LogP contribution in [-0.4, -0.2) is 13.1 Å². The third-order valence-corrected chi connectivity index (χ3v) is 4.11. The number of carbonyl (C=O) groups excluding carboxylic acids is 1. The quantitative estimate of drug-likeness (QED) is 0.751. The minimum atomic E-state index is -0.297. The summed E-state index contributed by atoms with van der Waals surface area (Å²) in [5.74, 6) is -0.00514. The predicted octanol–water partition coefficient (Wildman–Crippen LogP) is 4.92. The first-order chi connectivity index (χ1) is 10.3. The SMILES string of the molecule is COC(=O)c1ccc([C@H](C)c2ccc(C(C)(C)C)cc2)cc1. The summed E-state index contributed by atoms with van der Waals surface area (Å²) in [5.41, 5.74) is 4.56.